The van der Waals surface area contributed by atoms with E-state index < -0.39 is 0 Å². The molecule has 1 saturated carbocycles. The van der Waals surface area contributed by atoms with E-state index in [1.165, 1.54) is 0 Å². The molecule has 1 saturated heterocycles. The third-order valence-electron chi connectivity index (χ3n) is 5.12. The number of ketones is 1. The SMILES string of the molecule is COC1CN(CC2CC(C(C)C)CCC2=O)CC1OC. The number of hydrogen-bond acceptors (Lipinski definition) is 4. The predicted molar refractivity (Wildman–Crippen MR) is 78.7 cm³/mol. The van der Waals surface area contributed by atoms with Gasteiger partial charge in [-0.05, 0) is 24.7 Å². The molecule has 1 aliphatic heterocycles. The van der Waals surface area contributed by atoms with Gasteiger partial charge in [-0.15, -0.1) is 0 Å². The van der Waals surface area contributed by atoms with Gasteiger partial charge in [0.2, 0.25) is 0 Å². The molecular formula is C16H29NO3. The fourth-order valence-corrected chi connectivity index (χ4v) is 3.66. The van der Waals surface area contributed by atoms with Gasteiger partial charge in [-0.1, -0.05) is 13.8 Å². The summed E-state index contributed by atoms with van der Waals surface area (Å²) in [5.41, 5.74) is 0. The van der Waals surface area contributed by atoms with Gasteiger partial charge in [0.25, 0.3) is 0 Å². The molecule has 2 rings (SSSR count). The molecule has 116 valence electrons. The molecule has 4 heteroatoms. The summed E-state index contributed by atoms with van der Waals surface area (Å²) in [7, 11) is 3.47. The summed E-state index contributed by atoms with van der Waals surface area (Å²) in [4.78, 5) is 14.5. The molecule has 1 aliphatic carbocycles. The van der Waals surface area contributed by atoms with Crippen molar-refractivity contribution in [3.8, 4) is 0 Å². The molecule has 0 bridgehead atoms. The second-order valence-electron chi connectivity index (χ2n) is 6.71. The average Bonchev–Trinajstić information content (AvgIpc) is 2.83. The Balaban J connectivity index is 1.90. The number of carbonyl (C=O) groups is 1. The zero-order valence-electron chi connectivity index (χ0n) is 13.3. The maximum atomic E-state index is 12.2. The van der Waals surface area contributed by atoms with Gasteiger partial charge in [0.05, 0.1) is 12.2 Å². The third kappa shape index (κ3) is 3.60. The molecule has 0 amide bonds. The molecule has 0 aromatic rings. The standard InChI is InChI=1S/C16H29NO3/c1-11(2)12-5-6-14(18)13(7-12)8-17-9-15(19-3)16(10-17)20-4/h11-13,15-16H,5-10H2,1-4H3. The van der Waals surface area contributed by atoms with Gasteiger partial charge in [0.15, 0.2) is 0 Å². The van der Waals surface area contributed by atoms with Gasteiger partial charge in [-0.3, -0.25) is 9.69 Å². The molecule has 0 aromatic heterocycles. The Bertz CT molecular complexity index is 320. The first kappa shape index (κ1) is 15.9. The summed E-state index contributed by atoms with van der Waals surface area (Å²) in [6.45, 7) is 7.18. The minimum Gasteiger partial charge on any atom is -0.377 e. The van der Waals surface area contributed by atoms with Gasteiger partial charge in [-0.25, -0.2) is 0 Å². The van der Waals surface area contributed by atoms with E-state index in [-0.39, 0.29) is 18.1 Å². The second kappa shape index (κ2) is 7.01. The average molecular weight is 283 g/mol. The Labute approximate surface area is 122 Å². The molecule has 2 fully saturated rings. The zero-order valence-corrected chi connectivity index (χ0v) is 13.3. The van der Waals surface area contributed by atoms with Crippen LogP contribution in [0, 0.1) is 17.8 Å². The largest absolute Gasteiger partial charge is 0.377 e. The fraction of sp³-hybridized carbons (Fsp3) is 0.938. The van der Waals surface area contributed by atoms with Crippen LogP contribution in [0.15, 0.2) is 0 Å². The van der Waals surface area contributed by atoms with Crippen LogP contribution in [0.1, 0.15) is 33.1 Å². The first-order valence-electron chi connectivity index (χ1n) is 7.85. The Morgan fingerprint density at radius 3 is 2.30 bits per heavy atom. The Hall–Kier alpha value is -0.450. The van der Waals surface area contributed by atoms with Gasteiger partial charge >= 0.3 is 0 Å². The highest BCUT2D eigenvalue weighted by atomic mass is 16.5. The van der Waals surface area contributed by atoms with Crippen molar-refractivity contribution in [2.24, 2.45) is 17.8 Å². The first-order valence-corrected chi connectivity index (χ1v) is 7.85. The van der Waals surface area contributed by atoms with Crippen molar-refractivity contribution >= 4 is 5.78 Å². The van der Waals surface area contributed by atoms with Crippen molar-refractivity contribution in [3.63, 3.8) is 0 Å². The van der Waals surface area contributed by atoms with Crippen molar-refractivity contribution in [3.05, 3.63) is 0 Å². The van der Waals surface area contributed by atoms with Gasteiger partial charge < -0.3 is 9.47 Å². The van der Waals surface area contributed by atoms with E-state index >= 15 is 0 Å². The van der Waals surface area contributed by atoms with Crippen LogP contribution < -0.4 is 0 Å². The number of rotatable bonds is 5. The molecule has 20 heavy (non-hydrogen) atoms. The minimum absolute atomic E-state index is 0.139. The molecule has 0 spiro atoms. The van der Waals surface area contributed by atoms with E-state index in [9.17, 15) is 4.79 Å². The Kier molecular flexibility index (Phi) is 5.58. The normalized spacial score (nSPS) is 36.0. The molecule has 0 N–H and O–H groups in total. The van der Waals surface area contributed by atoms with E-state index in [4.69, 9.17) is 9.47 Å². The Morgan fingerprint density at radius 2 is 1.80 bits per heavy atom. The zero-order chi connectivity index (χ0) is 14.7. The lowest BCUT2D eigenvalue weighted by molar-refractivity contribution is -0.126. The van der Waals surface area contributed by atoms with Crippen LogP contribution in [0.2, 0.25) is 0 Å². The highest BCUT2D eigenvalue weighted by molar-refractivity contribution is 5.82. The topological polar surface area (TPSA) is 38.8 Å². The number of hydrogen-bond donors (Lipinski definition) is 0. The van der Waals surface area contributed by atoms with Crippen molar-refractivity contribution in [2.75, 3.05) is 33.9 Å². The van der Waals surface area contributed by atoms with Crippen molar-refractivity contribution < 1.29 is 14.3 Å². The van der Waals surface area contributed by atoms with E-state index in [1.54, 1.807) is 14.2 Å². The monoisotopic (exact) mass is 283 g/mol. The predicted octanol–water partition coefficient (Wildman–Crippen LogP) is 1.97. The molecule has 4 atom stereocenters. The number of methoxy groups -OCH3 is 2. The summed E-state index contributed by atoms with van der Waals surface area (Å²) in [5.74, 6) is 2.06. The quantitative estimate of drug-likeness (QED) is 0.773. The molecular weight excluding hydrogens is 254 g/mol. The number of Topliss-reactive ketones (excluding diaryl/α,β-unsaturated/α-hetero) is 1. The number of likely N-dealkylation sites (tertiary alicyclic amines) is 1. The van der Waals surface area contributed by atoms with Crippen LogP contribution in [-0.4, -0.2) is 56.7 Å². The highest BCUT2D eigenvalue weighted by Crippen LogP contribution is 2.32. The smallest absolute Gasteiger partial charge is 0.137 e. The molecule has 4 unspecified atom stereocenters. The lowest BCUT2D eigenvalue weighted by Gasteiger charge is -2.32. The van der Waals surface area contributed by atoms with Crippen LogP contribution in [0.25, 0.3) is 0 Å². The number of carbonyl (C=O) groups excluding carboxylic acids is 1. The summed E-state index contributed by atoms with van der Waals surface area (Å²) in [6, 6.07) is 0. The molecule has 4 nitrogen and oxygen atoms in total. The maximum absolute atomic E-state index is 12.2. The maximum Gasteiger partial charge on any atom is 0.137 e. The summed E-state index contributed by atoms with van der Waals surface area (Å²) in [5, 5.41) is 0. The lowest BCUT2D eigenvalue weighted by Crippen LogP contribution is -2.37. The summed E-state index contributed by atoms with van der Waals surface area (Å²) in [6.07, 6.45) is 3.18. The molecule has 0 radical (unpaired) electrons. The van der Waals surface area contributed by atoms with Gasteiger partial charge in [0.1, 0.15) is 5.78 Å². The van der Waals surface area contributed by atoms with Crippen LogP contribution in [0.5, 0.6) is 0 Å². The van der Waals surface area contributed by atoms with Crippen molar-refractivity contribution in [2.45, 2.75) is 45.3 Å². The van der Waals surface area contributed by atoms with E-state index in [1.807, 2.05) is 0 Å². The highest BCUT2D eigenvalue weighted by Gasteiger charge is 2.37. The van der Waals surface area contributed by atoms with Crippen molar-refractivity contribution in [1.29, 1.82) is 0 Å². The van der Waals surface area contributed by atoms with Crippen LogP contribution in [-0.2, 0) is 14.3 Å². The minimum atomic E-state index is 0.139. The first-order chi connectivity index (χ1) is 9.55. The second-order valence-corrected chi connectivity index (χ2v) is 6.71. The van der Waals surface area contributed by atoms with E-state index in [0.717, 1.165) is 38.9 Å². The van der Waals surface area contributed by atoms with Gasteiger partial charge in [0, 0.05) is 46.2 Å². The van der Waals surface area contributed by atoms with Crippen LogP contribution >= 0.6 is 0 Å². The Morgan fingerprint density at radius 1 is 1.20 bits per heavy atom. The van der Waals surface area contributed by atoms with Crippen LogP contribution in [0.3, 0.4) is 0 Å². The third-order valence-corrected chi connectivity index (χ3v) is 5.12. The molecule has 2 aliphatic rings. The van der Waals surface area contributed by atoms with Gasteiger partial charge in [-0.2, -0.15) is 0 Å². The van der Waals surface area contributed by atoms with Crippen molar-refractivity contribution in [1.82, 2.24) is 4.90 Å². The van der Waals surface area contributed by atoms with E-state index in [0.29, 0.717) is 17.6 Å². The fourth-order valence-electron chi connectivity index (χ4n) is 3.66. The number of nitrogens with zero attached hydrogens (tertiary/aromatic N) is 1. The van der Waals surface area contributed by atoms with E-state index in [2.05, 4.69) is 18.7 Å². The number of ether oxygens (including phenoxy) is 2. The van der Waals surface area contributed by atoms with Crippen LogP contribution in [0.4, 0.5) is 0 Å². The summed E-state index contributed by atoms with van der Waals surface area (Å²) < 4.78 is 10.9. The molecule has 1 heterocycles. The summed E-state index contributed by atoms with van der Waals surface area (Å²) >= 11 is 0. The lowest BCUT2D eigenvalue weighted by atomic mass is 9.75. The molecule has 0 aromatic carbocycles.